The van der Waals surface area contributed by atoms with Crippen molar-refractivity contribution >= 4 is 28.8 Å². The summed E-state index contributed by atoms with van der Waals surface area (Å²) in [6, 6.07) is 22.6. The molecule has 0 unspecified atom stereocenters. The number of carbonyl (C=O) groups excluding carboxylic acids is 2. The first-order chi connectivity index (χ1) is 16.2. The van der Waals surface area contributed by atoms with Crippen molar-refractivity contribution in [3.05, 3.63) is 95.2 Å². The molecule has 1 aliphatic heterocycles. The van der Waals surface area contributed by atoms with Crippen molar-refractivity contribution < 1.29 is 14.3 Å². The van der Waals surface area contributed by atoms with Crippen LogP contribution in [0.1, 0.15) is 44.4 Å². The minimum Gasteiger partial charge on any atom is -0.494 e. The molecule has 0 aliphatic carbocycles. The molecule has 3 aromatic rings. The number of hydrogen-bond acceptors (Lipinski definition) is 4. The highest BCUT2D eigenvalue weighted by molar-refractivity contribution is 6.46. The Morgan fingerprint density at radius 3 is 2.18 bits per heavy atom. The Bertz CT molecular complexity index is 1250. The molecule has 1 heterocycles. The molecular weight excluding hydrogens is 424 g/mol. The van der Waals surface area contributed by atoms with E-state index in [1.54, 1.807) is 0 Å². The number of nitrogens with one attached hydrogen (secondary N) is 1. The first kappa shape index (κ1) is 23.3. The van der Waals surface area contributed by atoms with Crippen LogP contribution in [0.5, 0.6) is 5.75 Å². The monoisotopic (exact) mass is 454 g/mol. The van der Waals surface area contributed by atoms with E-state index in [0.717, 1.165) is 11.1 Å². The van der Waals surface area contributed by atoms with Crippen molar-refractivity contribution in [3.63, 3.8) is 0 Å². The van der Waals surface area contributed by atoms with E-state index in [4.69, 9.17) is 4.74 Å². The van der Waals surface area contributed by atoms with E-state index >= 15 is 0 Å². The Kier molecular flexibility index (Phi) is 6.29. The van der Waals surface area contributed by atoms with Gasteiger partial charge in [0.2, 0.25) is 0 Å². The fraction of sp³-hybridized carbons (Fsp3) is 0.241. The maximum Gasteiger partial charge on any atom is 0.282 e. The summed E-state index contributed by atoms with van der Waals surface area (Å²) in [4.78, 5) is 28.5. The van der Waals surface area contributed by atoms with Gasteiger partial charge in [0.1, 0.15) is 11.4 Å². The highest BCUT2D eigenvalue weighted by atomic mass is 16.5. The van der Waals surface area contributed by atoms with Crippen LogP contribution in [0.25, 0.3) is 5.57 Å². The van der Waals surface area contributed by atoms with E-state index in [1.807, 2.05) is 86.6 Å². The Labute approximate surface area is 201 Å². The molecule has 0 bridgehead atoms. The van der Waals surface area contributed by atoms with Crippen LogP contribution >= 0.6 is 0 Å². The number of anilines is 2. The molecular formula is C29H30N2O3. The number of carbonyl (C=O) groups is 2. The molecule has 0 spiro atoms. The number of nitrogens with zero attached hydrogens (tertiary/aromatic N) is 1. The molecule has 2 amide bonds. The van der Waals surface area contributed by atoms with E-state index in [1.165, 1.54) is 4.90 Å². The molecule has 0 fully saturated rings. The van der Waals surface area contributed by atoms with Crippen LogP contribution in [0.4, 0.5) is 11.4 Å². The summed E-state index contributed by atoms with van der Waals surface area (Å²) in [5.41, 5.74) is 4.71. The van der Waals surface area contributed by atoms with Crippen molar-refractivity contribution in [1.29, 1.82) is 0 Å². The second-order valence-corrected chi connectivity index (χ2v) is 9.44. The van der Waals surface area contributed by atoms with E-state index in [2.05, 4.69) is 26.1 Å². The molecule has 0 aromatic heterocycles. The van der Waals surface area contributed by atoms with Crippen molar-refractivity contribution in [2.24, 2.45) is 0 Å². The zero-order valence-corrected chi connectivity index (χ0v) is 20.3. The summed E-state index contributed by atoms with van der Waals surface area (Å²) in [6.45, 7) is 10.8. The molecule has 174 valence electrons. The van der Waals surface area contributed by atoms with Gasteiger partial charge in [0.05, 0.1) is 17.9 Å². The van der Waals surface area contributed by atoms with Crippen molar-refractivity contribution in [2.45, 2.75) is 40.0 Å². The van der Waals surface area contributed by atoms with Gasteiger partial charge in [-0.15, -0.1) is 0 Å². The number of aryl methyl sites for hydroxylation is 1. The van der Waals surface area contributed by atoms with Crippen molar-refractivity contribution in [1.82, 2.24) is 0 Å². The Balaban J connectivity index is 1.76. The van der Waals surface area contributed by atoms with Crippen LogP contribution < -0.4 is 15.0 Å². The number of hydrogen-bond donors (Lipinski definition) is 1. The molecule has 5 heteroatoms. The van der Waals surface area contributed by atoms with E-state index in [9.17, 15) is 9.59 Å². The quantitative estimate of drug-likeness (QED) is 0.458. The molecule has 0 saturated heterocycles. The first-order valence-corrected chi connectivity index (χ1v) is 11.5. The third-order valence-corrected chi connectivity index (χ3v) is 5.83. The third kappa shape index (κ3) is 4.60. The lowest BCUT2D eigenvalue weighted by atomic mass is 9.87. The lowest BCUT2D eigenvalue weighted by Gasteiger charge is -2.21. The maximum atomic E-state index is 13.6. The second kappa shape index (κ2) is 9.18. The van der Waals surface area contributed by atoms with Crippen LogP contribution in [0.2, 0.25) is 0 Å². The number of amides is 2. The maximum absolute atomic E-state index is 13.6. The molecule has 3 aromatic carbocycles. The summed E-state index contributed by atoms with van der Waals surface area (Å²) in [5, 5.41) is 3.21. The standard InChI is InChI=1S/C29H30N2O3/c1-6-34-24-9-7-8-22(18-24)30-26-25(20-12-10-19(2)11-13-20)27(32)31(28(26)33)23-16-14-21(15-17-23)29(3,4)5/h7-18,30H,6H2,1-5H3. The van der Waals surface area contributed by atoms with E-state index in [0.29, 0.717) is 34.9 Å². The zero-order chi connectivity index (χ0) is 24.5. The zero-order valence-electron chi connectivity index (χ0n) is 20.3. The van der Waals surface area contributed by atoms with E-state index in [-0.39, 0.29) is 22.9 Å². The van der Waals surface area contributed by atoms with Gasteiger partial charge in [-0.2, -0.15) is 0 Å². The largest absolute Gasteiger partial charge is 0.494 e. The van der Waals surface area contributed by atoms with Gasteiger partial charge in [0.15, 0.2) is 0 Å². The smallest absolute Gasteiger partial charge is 0.282 e. The SMILES string of the molecule is CCOc1cccc(NC2=C(c3ccc(C)cc3)C(=O)N(c3ccc(C(C)(C)C)cc3)C2=O)c1. The third-order valence-electron chi connectivity index (χ3n) is 5.83. The van der Waals surface area contributed by atoms with Crippen LogP contribution in [0.15, 0.2) is 78.5 Å². The summed E-state index contributed by atoms with van der Waals surface area (Å²) in [5.74, 6) is -0.0388. The van der Waals surface area contributed by atoms with Gasteiger partial charge in [-0.1, -0.05) is 68.8 Å². The first-order valence-electron chi connectivity index (χ1n) is 11.5. The fourth-order valence-corrected chi connectivity index (χ4v) is 3.95. The molecule has 4 rings (SSSR count). The highest BCUT2D eigenvalue weighted by Gasteiger charge is 2.40. The molecule has 0 atom stereocenters. The van der Waals surface area contributed by atoms with Crippen molar-refractivity contribution in [3.8, 4) is 5.75 Å². The lowest BCUT2D eigenvalue weighted by molar-refractivity contribution is -0.120. The number of imide groups is 1. The fourth-order valence-electron chi connectivity index (χ4n) is 3.95. The Morgan fingerprint density at radius 1 is 0.882 bits per heavy atom. The van der Waals surface area contributed by atoms with Crippen LogP contribution in [-0.2, 0) is 15.0 Å². The topological polar surface area (TPSA) is 58.6 Å². The molecule has 5 nitrogen and oxygen atoms in total. The van der Waals surface area contributed by atoms with Crippen molar-refractivity contribution in [2.75, 3.05) is 16.8 Å². The summed E-state index contributed by atoms with van der Waals surface area (Å²) in [6.07, 6.45) is 0. The average Bonchev–Trinajstić information content (AvgIpc) is 3.04. The minimum absolute atomic E-state index is 0.0266. The van der Waals surface area contributed by atoms with Gasteiger partial charge in [-0.25, -0.2) is 4.90 Å². The van der Waals surface area contributed by atoms with E-state index < -0.39 is 0 Å². The average molecular weight is 455 g/mol. The van der Waals surface area contributed by atoms with Gasteiger partial charge in [0.25, 0.3) is 11.8 Å². The number of rotatable bonds is 6. The van der Waals surface area contributed by atoms with Gasteiger partial charge >= 0.3 is 0 Å². The Hall–Kier alpha value is -3.86. The summed E-state index contributed by atoms with van der Waals surface area (Å²) >= 11 is 0. The van der Waals surface area contributed by atoms with Gasteiger partial charge < -0.3 is 10.1 Å². The second-order valence-electron chi connectivity index (χ2n) is 9.44. The molecule has 0 saturated carbocycles. The van der Waals surface area contributed by atoms with Crippen LogP contribution in [0, 0.1) is 6.92 Å². The molecule has 1 N–H and O–H groups in total. The molecule has 34 heavy (non-hydrogen) atoms. The van der Waals surface area contributed by atoms with Crippen LogP contribution in [0.3, 0.4) is 0 Å². The summed E-state index contributed by atoms with van der Waals surface area (Å²) in [7, 11) is 0. The van der Waals surface area contributed by atoms with Gasteiger partial charge in [-0.05, 0) is 54.7 Å². The normalized spacial score (nSPS) is 14.1. The predicted octanol–water partition coefficient (Wildman–Crippen LogP) is 6.09. The minimum atomic E-state index is -0.383. The molecule has 0 radical (unpaired) electrons. The van der Waals surface area contributed by atoms with Gasteiger partial charge in [-0.3, -0.25) is 9.59 Å². The van der Waals surface area contributed by atoms with Gasteiger partial charge in [0, 0.05) is 11.8 Å². The number of ether oxygens (including phenoxy) is 1. The Morgan fingerprint density at radius 2 is 1.56 bits per heavy atom. The van der Waals surface area contributed by atoms with Crippen LogP contribution in [-0.4, -0.2) is 18.4 Å². The molecule has 1 aliphatic rings. The highest BCUT2D eigenvalue weighted by Crippen LogP contribution is 2.35. The summed E-state index contributed by atoms with van der Waals surface area (Å²) < 4.78 is 5.59. The lowest BCUT2D eigenvalue weighted by Crippen LogP contribution is -2.32. The predicted molar refractivity (Wildman–Crippen MR) is 137 cm³/mol. The number of benzene rings is 3.